The highest BCUT2D eigenvalue weighted by Crippen LogP contribution is 2.49. The number of carboxylic acid groups (broad SMARTS) is 1. The van der Waals surface area contributed by atoms with Crippen molar-refractivity contribution in [1.29, 1.82) is 0 Å². The van der Waals surface area contributed by atoms with Crippen molar-refractivity contribution in [3.63, 3.8) is 0 Å². The molecular formula is C20H33NO6. The molecule has 2 aliphatic carbocycles. The number of allylic oxidation sites excluding steroid dienone is 1. The Morgan fingerprint density at radius 3 is 2.37 bits per heavy atom. The Morgan fingerprint density at radius 2 is 1.85 bits per heavy atom. The van der Waals surface area contributed by atoms with Crippen molar-refractivity contribution in [2.24, 2.45) is 16.7 Å². The average molecular weight is 383 g/mol. The summed E-state index contributed by atoms with van der Waals surface area (Å²) in [4.78, 5) is 23.5. The van der Waals surface area contributed by atoms with Crippen molar-refractivity contribution in [2.45, 2.75) is 46.1 Å². The fraction of sp³-hybridized carbons (Fsp3) is 0.800. The molecule has 0 aromatic carbocycles. The fourth-order valence-corrected chi connectivity index (χ4v) is 3.68. The molecule has 0 aromatic rings. The smallest absolute Gasteiger partial charge is 0.333 e. The number of rotatable bonds is 12. The van der Waals surface area contributed by atoms with Crippen LogP contribution in [0.3, 0.4) is 0 Å². The molecule has 1 fully saturated rings. The maximum Gasteiger partial charge on any atom is 0.333 e. The van der Waals surface area contributed by atoms with Gasteiger partial charge in [0.05, 0.1) is 38.4 Å². The lowest BCUT2D eigenvalue weighted by Crippen LogP contribution is -2.39. The van der Waals surface area contributed by atoms with Gasteiger partial charge in [0.1, 0.15) is 0 Å². The fourth-order valence-electron chi connectivity index (χ4n) is 3.68. The molecule has 0 aromatic heterocycles. The van der Waals surface area contributed by atoms with E-state index in [1.54, 1.807) is 0 Å². The summed E-state index contributed by atoms with van der Waals surface area (Å²) in [6, 6.07) is 0. The Balaban J connectivity index is 1.44. The van der Waals surface area contributed by atoms with E-state index in [-0.39, 0.29) is 17.9 Å². The Hall–Kier alpha value is -1.44. The van der Waals surface area contributed by atoms with Gasteiger partial charge in [-0.3, -0.25) is 4.79 Å². The highest BCUT2D eigenvalue weighted by Gasteiger charge is 2.46. The molecule has 0 heterocycles. The Kier molecular flexibility index (Phi) is 7.82. The van der Waals surface area contributed by atoms with E-state index in [0.29, 0.717) is 38.9 Å². The van der Waals surface area contributed by atoms with Crippen LogP contribution in [-0.4, -0.2) is 62.7 Å². The number of carbonyl (C=O) groups excluding carboxylic acids is 1. The number of nitrogens with one attached hydrogen (secondary N) is 1. The minimum Gasteiger partial charge on any atom is -0.479 e. The molecular weight excluding hydrogens is 350 g/mol. The second-order valence-electron chi connectivity index (χ2n) is 8.45. The summed E-state index contributed by atoms with van der Waals surface area (Å²) in [5, 5.41) is 12.1. The lowest BCUT2D eigenvalue weighted by molar-refractivity contribution is -0.159. The van der Waals surface area contributed by atoms with Crippen LogP contribution in [0.1, 0.15) is 40.0 Å². The molecule has 3 unspecified atom stereocenters. The van der Waals surface area contributed by atoms with Crippen molar-refractivity contribution >= 4 is 11.9 Å². The predicted molar refractivity (Wildman–Crippen MR) is 100 cm³/mol. The first-order valence-corrected chi connectivity index (χ1v) is 9.72. The van der Waals surface area contributed by atoms with E-state index in [2.05, 4.69) is 17.5 Å². The Labute approximate surface area is 161 Å². The van der Waals surface area contributed by atoms with Crippen LogP contribution in [0.2, 0.25) is 0 Å². The lowest BCUT2D eigenvalue weighted by atomic mass is 9.87. The monoisotopic (exact) mass is 383 g/mol. The van der Waals surface area contributed by atoms with Crippen LogP contribution in [0.25, 0.3) is 0 Å². The molecule has 7 heteroatoms. The summed E-state index contributed by atoms with van der Waals surface area (Å²) < 4.78 is 16.2. The Bertz CT molecular complexity index is 541. The number of carboxylic acids is 1. The summed E-state index contributed by atoms with van der Waals surface area (Å²) >= 11 is 0. The molecule has 27 heavy (non-hydrogen) atoms. The number of hydrogen-bond acceptors (Lipinski definition) is 5. The molecule has 2 bridgehead atoms. The van der Waals surface area contributed by atoms with Gasteiger partial charge < -0.3 is 24.6 Å². The molecule has 2 aliphatic rings. The largest absolute Gasteiger partial charge is 0.479 e. The maximum absolute atomic E-state index is 12.3. The van der Waals surface area contributed by atoms with E-state index in [1.807, 2.05) is 20.8 Å². The van der Waals surface area contributed by atoms with E-state index in [0.717, 1.165) is 19.3 Å². The molecule has 1 amide bonds. The SMILES string of the molecule is CC(C)(C)C(OCCOCCOCCNC(=O)C12C=CC(CC1)C2)C(=O)O. The van der Waals surface area contributed by atoms with Crippen LogP contribution in [0.4, 0.5) is 0 Å². The van der Waals surface area contributed by atoms with E-state index < -0.39 is 17.5 Å². The standard InChI is InChI=1S/C20H33NO6/c1-19(2,3)16(17(22)23)27-13-12-26-11-10-25-9-8-21-18(24)20-6-4-15(14-20)5-7-20/h4,6,15-16H,5,7-14H2,1-3H3,(H,21,24)(H,22,23). The first kappa shape index (κ1) is 21.9. The number of aliphatic carboxylic acids is 1. The quantitative estimate of drug-likeness (QED) is 0.395. The van der Waals surface area contributed by atoms with Crippen LogP contribution in [0, 0.1) is 16.7 Å². The first-order chi connectivity index (χ1) is 12.7. The minimum absolute atomic E-state index is 0.114. The third-order valence-corrected chi connectivity index (χ3v) is 5.15. The van der Waals surface area contributed by atoms with Crippen molar-refractivity contribution in [2.75, 3.05) is 39.6 Å². The molecule has 0 spiro atoms. The van der Waals surface area contributed by atoms with Gasteiger partial charge in [0.15, 0.2) is 6.10 Å². The van der Waals surface area contributed by atoms with Gasteiger partial charge in [0.25, 0.3) is 0 Å². The van der Waals surface area contributed by atoms with Gasteiger partial charge in [0, 0.05) is 6.54 Å². The van der Waals surface area contributed by atoms with Crippen molar-refractivity contribution in [3.05, 3.63) is 12.2 Å². The third-order valence-electron chi connectivity index (χ3n) is 5.15. The van der Waals surface area contributed by atoms with Crippen molar-refractivity contribution in [3.8, 4) is 0 Å². The minimum atomic E-state index is -0.964. The van der Waals surface area contributed by atoms with Crippen molar-refractivity contribution < 1.29 is 28.9 Å². The molecule has 1 saturated carbocycles. The van der Waals surface area contributed by atoms with E-state index >= 15 is 0 Å². The summed E-state index contributed by atoms with van der Waals surface area (Å²) in [6.45, 7) is 7.78. The number of fused-ring (bicyclic) bond motifs is 2. The molecule has 2 rings (SSSR count). The van der Waals surface area contributed by atoms with E-state index in [1.165, 1.54) is 0 Å². The second-order valence-corrected chi connectivity index (χ2v) is 8.45. The van der Waals surface area contributed by atoms with Crippen molar-refractivity contribution in [1.82, 2.24) is 5.32 Å². The van der Waals surface area contributed by atoms with Crippen LogP contribution >= 0.6 is 0 Å². The molecule has 7 nitrogen and oxygen atoms in total. The lowest BCUT2D eigenvalue weighted by Gasteiger charge is -2.26. The maximum atomic E-state index is 12.3. The summed E-state index contributed by atoms with van der Waals surface area (Å²) in [7, 11) is 0. The third kappa shape index (κ3) is 6.30. The molecule has 0 radical (unpaired) electrons. The first-order valence-electron chi connectivity index (χ1n) is 9.72. The van der Waals surface area contributed by atoms with Crippen LogP contribution in [0.5, 0.6) is 0 Å². The number of hydrogen-bond donors (Lipinski definition) is 2. The zero-order valence-corrected chi connectivity index (χ0v) is 16.7. The zero-order valence-electron chi connectivity index (χ0n) is 16.7. The number of amides is 1. The normalized spacial score (nSPS) is 24.9. The molecule has 154 valence electrons. The van der Waals surface area contributed by atoms with Gasteiger partial charge in [0.2, 0.25) is 5.91 Å². The van der Waals surface area contributed by atoms with E-state index in [9.17, 15) is 9.59 Å². The topological polar surface area (TPSA) is 94.1 Å². The molecule has 0 aliphatic heterocycles. The highest BCUT2D eigenvalue weighted by molar-refractivity contribution is 5.85. The zero-order chi connectivity index (χ0) is 19.9. The van der Waals surface area contributed by atoms with Gasteiger partial charge in [-0.25, -0.2) is 4.79 Å². The Morgan fingerprint density at radius 1 is 1.19 bits per heavy atom. The van der Waals surface area contributed by atoms with Gasteiger partial charge >= 0.3 is 5.97 Å². The molecule has 2 N–H and O–H groups in total. The summed E-state index contributed by atoms with van der Waals surface area (Å²) in [5.41, 5.74) is -0.735. The van der Waals surface area contributed by atoms with Crippen LogP contribution in [0.15, 0.2) is 12.2 Å². The van der Waals surface area contributed by atoms with Gasteiger partial charge in [-0.05, 0) is 30.6 Å². The highest BCUT2D eigenvalue weighted by atomic mass is 16.6. The van der Waals surface area contributed by atoms with Gasteiger partial charge in [-0.15, -0.1) is 0 Å². The molecule has 3 atom stereocenters. The second kappa shape index (κ2) is 9.66. The number of carbonyl (C=O) groups is 2. The molecule has 0 saturated heterocycles. The van der Waals surface area contributed by atoms with Gasteiger partial charge in [-0.1, -0.05) is 32.9 Å². The van der Waals surface area contributed by atoms with Gasteiger partial charge in [-0.2, -0.15) is 0 Å². The van der Waals surface area contributed by atoms with E-state index in [4.69, 9.17) is 19.3 Å². The summed E-state index contributed by atoms with van der Waals surface area (Å²) in [6.07, 6.45) is 6.40. The van der Waals surface area contributed by atoms with Crippen LogP contribution < -0.4 is 5.32 Å². The van der Waals surface area contributed by atoms with Crippen LogP contribution in [-0.2, 0) is 23.8 Å². The number of ether oxygens (including phenoxy) is 3. The predicted octanol–water partition coefficient (Wildman–Crippen LogP) is 2.01. The average Bonchev–Trinajstić information content (AvgIpc) is 3.20. The summed E-state index contributed by atoms with van der Waals surface area (Å²) in [5.74, 6) is -0.265.